The molecule has 1 aromatic rings. The van der Waals surface area contributed by atoms with Crippen LogP contribution in [0.3, 0.4) is 0 Å². The van der Waals surface area contributed by atoms with Gasteiger partial charge in [-0.15, -0.1) is 11.6 Å². The summed E-state index contributed by atoms with van der Waals surface area (Å²) in [4.78, 5) is 3.05. The molecule has 0 aliphatic carbocycles. The zero-order valence-electron chi connectivity index (χ0n) is 10.8. The molecule has 0 aliphatic heterocycles. The van der Waals surface area contributed by atoms with Crippen LogP contribution in [0.25, 0.3) is 0 Å². The van der Waals surface area contributed by atoms with Crippen LogP contribution in [0.15, 0.2) is 17.2 Å². The predicted octanol–water partition coefficient (Wildman–Crippen LogP) is 1.80. The van der Waals surface area contributed by atoms with Crippen molar-refractivity contribution < 1.29 is 13.2 Å². The molecule has 0 spiro atoms. The van der Waals surface area contributed by atoms with Crippen molar-refractivity contribution >= 4 is 21.6 Å². The molecule has 7 heteroatoms. The van der Waals surface area contributed by atoms with Crippen molar-refractivity contribution in [1.82, 2.24) is 9.29 Å². The zero-order chi connectivity index (χ0) is 13.8. The highest BCUT2D eigenvalue weighted by Crippen LogP contribution is 2.16. The molecule has 0 fully saturated rings. The molecule has 0 atom stereocenters. The van der Waals surface area contributed by atoms with Crippen LogP contribution >= 0.6 is 11.6 Å². The molecule has 0 saturated carbocycles. The van der Waals surface area contributed by atoms with Gasteiger partial charge in [-0.25, -0.2) is 8.42 Å². The standard InChI is InChI=1S/C11H19ClN2O3S/c1-9(2)17-5-4-14(3)18(15,16)11-6-10(7-12)13-8-11/h6,8-9,13H,4-5,7H2,1-3H3. The summed E-state index contributed by atoms with van der Waals surface area (Å²) in [5, 5.41) is 0. The predicted molar refractivity (Wildman–Crippen MR) is 71.3 cm³/mol. The third-order valence-corrected chi connectivity index (χ3v) is 4.55. The SMILES string of the molecule is CC(C)OCCN(C)S(=O)(=O)c1c[nH]c(CCl)c1. The molecule has 5 nitrogen and oxygen atoms in total. The van der Waals surface area contributed by atoms with Gasteiger partial charge in [-0.3, -0.25) is 0 Å². The Morgan fingerprint density at radius 1 is 1.50 bits per heavy atom. The molecule has 1 rings (SSSR count). The Bertz CT molecular complexity index is 470. The Hall–Kier alpha value is -0.560. The van der Waals surface area contributed by atoms with E-state index in [4.69, 9.17) is 16.3 Å². The lowest BCUT2D eigenvalue weighted by atomic mass is 10.5. The third-order valence-electron chi connectivity index (χ3n) is 2.43. The van der Waals surface area contributed by atoms with Gasteiger partial charge in [0.1, 0.15) is 0 Å². The fraction of sp³-hybridized carbons (Fsp3) is 0.636. The van der Waals surface area contributed by atoms with Crippen LogP contribution in [0.5, 0.6) is 0 Å². The lowest BCUT2D eigenvalue weighted by Crippen LogP contribution is -2.30. The molecule has 18 heavy (non-hydrogen) atoms. The Balaban J connectivity index is 2.67. The van der Waals surface area contributed by atoms with Crippen LogP contribution in [0.1, 0.15) is 19.5 Å². The molecule has 0 radical (unpaired) electrons. The average Bonchev–Trinajstić information content (AvgIpc) is 2.77. The van der Waals surface area contributed by atoms with Crippen molar-refractivity contribution in [2.24, 2.45) is 0 Å². The number of likely N-dealkylation sites (N-methyl/N-ethyl adjacent to an activating group) is 1. The van der Waals surface area contributed by atoms with Crippen molar-refractivity contribution in [2.45, 2.75) is 30.7 Å². The summed E-state index contributed by atoms with van der Waals surface area (Å²) in [6.45, 7) is 4.52. The Labute approximate surface area is 113 Å². The molecule has 0 saturated heterocycles. The van der Waals surface area contributed by atoms with Crippen LogP contribution in [0.4, 0.5) is 0 Å². The zero-order valence-corrected chi connectivity index (χ0v) is 12.4. The van der Waals surface area contributed by atoms with Crippen LogP contribution in [-0.4, -0.2) is 44.0 Å². The molecule has 1 aromatic heterocycles. The van der Waals surface area contributed by atoms with Crippen molar-refractivity contribution in [3.8, 4) is 0 Å². The van der Waals surface area contributed by atoms with Gasteiger partial charge in [0.05, 0.1) is 23.5 Å². The van der Waals surface area contributed by atoms with Gasteiger partial charge in [-0.2, -0.15) is 4.31 Å². The largest absolute Gasteiger partial charge is 0.377 e. The number of sulfonamides is 1. The summed E-state index contributed by atoms with van der Waals surface area (Å²) in [5.41, 5.74) is 0.682. The summed E-state index contributed by atoms with van der Waals surface area (Å²) in [6.07, 6.45) is 1.54. The first-order valence-corrected chi connectivity index (χ1v) is 7.66. The number of rotatable bonds is 7. The number of nitrogens with zero attached hydrogens (tertiary/aromatic N) is 1. The lowest BCUT2D eigenvalue weighted by Gasteiger charge is -2.17. The number of nitrogens with one attached hydrogen (secondary N) is 1. The number of halogens is 1. The molecule has 1 heterocycles. The van der Waals surface area contributed by atoms with Gasteiger partial charge in [0.15, 0.2) is 0 Å². The topological polar surface area (TPSA) is 62.4 Å². The Morgan fingerprint density at radius 2 is 2.17 bits per heavy atom. The van der Waals surface area contributed by atoms with E-state index in [1.807, 2.05) is 13.8 Å². The quantitative estimate of drug-likeness (QED) is 0.780. The molecule has 0 bridgehead atoms. The van der Waals surface area contributed by atoms with Gasteiger partial charge in [-0.1, -0.05) is 0 Å². The first-order valence-electron chi connectivity index (χ1n) is 5.69. The van der Waals surface area contributed by atoms with E-state index in [1.165, 1.54) is 17.5 Å². The van der Waals surface area contributed by atoms with E-state index in [1.54, 1.807) is 6.07 Å². The van der Waals surface area contributed by atoms with Crippen molar-refractivity contribution in [2.75, 3.05) is 20.2 Å². The summed E-state index contributed by atoms with van der Waals surface area (Å²) in [5.74, 6) is 0.260. The maximum Gasteiger partial charge on any atom is 0.244 e. The number of alkyl halides is 1. The average molecular weight is 295 g/mol. The van der Waals surface area contributed by atoms with Crippen LogP contribution in [0, 0.1) is 0 Å². The summed E-state index contributed by atoms with van der Waals surface area (Å²) >= 11 is 5.63. The second-order valence-corrected chi connectivity index (χ2v) is 6.55. The van der Waals surface area contributed by atoms with Crippen molar-refractivity contribution in [3.63, 3.8) is 0 Å². The number of aromatic nitrogens is 1. The molecule has 0 unspecified atom stereocenters. The van der Waals surface area contributed by atoms with Crippen LogP contribution in [0.2, 0.25) is 0 Å². The van der Waals surface area contributed by atoms with E-state index in [2.05, 4.69) is 4.98 Å². The molecular weight excluding hydrogens is 276 g/mol. The molecule has 1 N–H and O–H groups in total. The lowest BCUT2D eigenvalue weighted by molar-refractivity contribution is 0.0737. The molecular formula is C11H19ClN2O3S. The smallest absolute Gasteiger partial charge is 0.244 e. The second kappa shape index (κ2) is 6.56. The second-order valence-electron chi connectivity index (χ2n) is 4.24. The fourth-order valence-corrected chi connectivity index (χ4v) is 2.69. The first-order chi connectivity index (χ1) is 8.37. The third kappa shape index (κ3) is 3.98. The van der Waals surface area contributed by atoms with Gasteiger partial charge in [0.2, 0.25) is 10.0 Å². The maximum atomic E-state index is 12.1. The Morgan fingerprint density at radius 3 is 2.67 bits per heavy atom. The molecule has 0 aromatic carbocycles. The minimum atomic E-state index is -3.46. The van der Waals surface area contributed by atoms with E-state index >= 15 is 0 Å². The minimum absolute atomic E-state index is 0.0937. The summed E-state index contributed by atoms with van der Waals surface area (Å²) in [7, 11) is -1.93. The normalized spacial score (nSPS) is 12.6. The highest BCUT2D eigenvalue weighted by atomic mass is 35.5. The Kier molecular flexibility index (Phi) is 5.65. The van der Waals surface area contributed by atoms with Crippen molar-refractivity contribution in [1.29, 1.82) is 0 Å². The van der Waals surface area contributed by atoms with E-state index in [9.17, 15) is 8.42 Å². The highest BCUT2D eigenvalue weighted by Gasteiger charge is 2.21. The van der Waals surface area contributed by atoms with Crippen LogP contribution in [-0.2, 0) is 20.6 Å². The van der Waals surface area contributed by atoms with Gasteiger partial charge in [0.25, 0.3) is 0 Å². The summed E-state index contributed by atoms with van der Waals surface area (Å²) < 4.78 is 30.9. The van der Waals surface area contributed by atoms with Gasteiger partial charge in [0, 0.05) is 25.5 Å². The van der Waals surface area contributed by atoms with E-state index < -0.39 is 10.0 Å². The van der Waals surface area contributed by atoms with Gasteiger partial charge < -0.3 is 9.72 Å². The van der Waals surface area contributed by atoms with Gasteiger partial charge in [-0.05, 0) is 19.9 Å². The molecule has 0 aliphatic rings. The number of H-pyrrole nitrogens is 1. The number of hydrogen-bond donors (Lipinski definition) is 1. The number of hydrogen-bond acceptors (Lipinski definition) is 3. The minimum Gasteiger partial charge on any atom is -0.377 e. The van der Waals surface area contributed by atoms with Crippen LogP contribution < -0.4 is 0 Å². The monoisotopic (exact) mass is 294 g/mol. The first kappa shape index (κ1) is 15.5. The molecule has 0 amide bonds. The fourth-order valence-electron chi connectivity index (χ4n) is 1.36. The number of ether oxygens (including phenoxy) is 1. The van der Waals surface area contributed by atoms with E-state index in [0.717, 1.165) is 0 Å². The highest BCUT2D eigenvalue weighted by molar-refractivity contribution is 7.89. The van der Waals surface area contributed by atoms with E-state index in [-0.39, 0.29) is 16.9 Å². The van der Waals surface area contributed by atoms with E-state index in [0.29, 0.717) is 18.8 Å². The van der Waals surface area contributed by atoms with Gasteiger partial charge >= 0.3 is 0 Å². The number of aromatic amines is 1. The van der Waals surface area contributed by atoms with Crippen molar-refractivity contribution in [3.05, 3.63) is 18.0 Å². The maximum absolute atomic E-state index is 12.1. The molecule has 104 valence electrons. The summed E-state index contributed by atoms with van der Waals surface area (Å²) in [6, 6.07) is 1.54.